The molecule has 2 rings (SSSR count). The Balaban J connectivity index is 2.42. The molecule has 1 aromatic heterocycles. The minimum absolute atomic E-state index is 0.421. The van der Waals surface area contributed by atoms with E-state index in [1.165, 1.54) is 0 Å². The first-order valence-corrected chi connectivity index (χ1v) is 5.99. The molecule has 0 amide bonds. The fourth-order valence-electron chi connectivity index (χ4n) is 1.41. The third kappa shape index (κ3) is 2.24. The van der Waals surface area contributed by atoms with Crippen LogP contribution in [0.25, 0.3) is 10.6 Å². The zero-order valence-corrected chi connectivity index (χ0v) is 10.3. The van der Waals surface area contributed by atoms with Crippen LogP contribution in [-0.4, -0.2) is 4.98 Å². The fourth-order valence-corrected chi connectivity index (χ4v) is 2.59. The molecule has 0 aliphatic heterocycles. The Kier molecular flexibility index (Phi) is 3.23. The van der Waals surface area contributed by atoms with E-state index in [1.807, 2.05) is 31.2 Å². The lowest BCUT2D eigenvalue weighted by Gasteiger charge is -1.95. The number of hydrogen-bond acceptors (Lipinski definition) is 3. The van der Waals surface area contributed by atoms with Crippen molar-refractivity contribution in [2.24, 2.45) is 0 Å². The van der Waals surface area contributed by atoms with Crippen molar-refractivity contribution < 1.29 is 0 Å². The predicted molar refractivity (Wildman–Crippen MR) is 66.6 cm³/mol. The van der Waals surface area contributed by atoms with Gasteiger partial charge in [-0.3, -0.25) is 0 Å². The molecule has 0 spiro atoms. The van der Waals surface area contributed by atoms with Gasteiger partial charge in [0.1, 0.15) is 5.01 Å². The van der Waals surface area contributed by atoms with E-state index in [1.54, 1.807) is 11.3 Å². The van der Waals surface area contributed by atoms with Crippen LogP contribution in [0, 0.1) is 18.3 Å². The van der Waals surface area contributed by atoms with Crippen molar-refractivity contribution in [2.75, 3.05) is 0 Å². The third-order valence-corrected chi connectivity index (χ3v) is 3.65. The molecule has 2 aromatic rings. The number of rotatable bonds is 2. The fraction of sp³-hybridized carbons (Fsp3) is 0.167. The number of hydrogen-bond donors (Lipinski definition) is 0. The third-order valence-electron chi connectivity index (χ3n) is 2.20. The molecular weight excluding hydrogens is 240 g/mol. The van der Waals surface area contributed by atoms with Crippen LogP contribution in [0.5, 0.6) is 0 Å². The Morgan fingerprint density at radius 1 is 1.50 bits per heavy atom. The molecule has 0 bridgehead atoms. The molecule has 80 valence electrons. The molecule has 1 aromatic carbocycles. The summed E-state index contributed by atoms with van der Waals surface area (Å²) in [7, 11) is 0. The molecule has 0 aliphatic rings. The van der Waals surface area contributed by atoms with E-state index in [0.29, 0.717) is 11.4 Å². The first-order chi connectivity index (χ1) is 7.70. The standard InChI is InChI=1S/C12H9ClN2S/c1-8-11(5-6-14)16-12(15-8)9-3-2-4-10(13)7-9/h2-4,7H,5H2,1H3. The van der Waals surface area contributed by atoms with Crippen LogP contribution in [0.1, 0.15) is 10.6 Å². The summed E-state index contributed by atoms with van der Waals surface area (Å²) >= 11 is 7.48. The van der Waals surface area contributed by atoms with Crippen LogP contribution in [0.2, 0.25) is 5.02 Å². The van der Waals surface area contributed by atoms with Crippen LogP contribution in [0.3, 0.4) is 0 Å². The quantitative estimate of drug-likeness (QED) is 0.810. The summed E-state index contributed by atoms with van der Waals surface area (Å²) in [5.74, 6) is 0. The van der Waals surface area contributed by atoms with Gasteiger partial charge in [-0.05, 0) is 19.1 Å². The maximum atomic E-state index is 8.68. The van der Waals surface area contributed by atoms with Crippen LogP contribution >= 0.6 is 22.9 Å². The highest BCUT2D eigenvalue weighted by Crippen LogP contribution is 2.29. The number of aryl methyl sites for hydroxylation is 1. The summed E-state index contributed by atoms with van der Waals surface area (Å²) in [6.07, 6.45) is 0.421. The molecule has 16 heavy (non-hydrogen) atoms. The molecule has 0 saturated heterocycles. The van der Waals surface area contributed by atoms with Gasteiger partial charge in [0.25, 0.3) is 0 Å². The molecular formula is C12H9ClN2S. The molecule has 1 heterocycles. The van der Waals surface area contributed by atoms with Crippen molar-refractivity contribution in [3.8, 4) is 16.6 Å². The highest BCUT2D eigenvalue weighted by atomic mass is 35.5. The lowest BCUT2D eigenvalue weighted by atomic mass is 10.2. The summed E-state index contributed by atoms with van der Waals surface area (Å²) in [5.41, 5.74) is 1.94. The monoisotopic (exact) mass is 248 g/mol. The van der Waals surface area contributed by atoms with Crippen molar-refractivity contribution in [1.29, 1.82) is 5.26 Å². The molecule has 2 nitrogen and oxygen atoms in total. The van der Waals surface area contributed by atoms with E-state index in [-0.39, 0.29) is 0 Å². The van der Waals surface area contributed by atoms with Crippen molar-refractivity contribution in [2.45, 2.75) is 13.3 Å². The Morgan fingerprint density at radius 3 is 3.00 bits per heavy atom. The van der Waals surface area contributed by atoms with Crippen LogP contribution in [0.15, 0.2) is 24.3 Å². The second-order valence-corrected chi connectivity index (χ2v) is 4.89. The van der Waals surface area contributed by atoms with Crippen LogP contribution in [0.4, 0.5) is 0 Å². The van der Waals surface area contributed by atoms with Gasteiger partial charge in [0.2, 0.25) is 0 Å². The van der Waals surface area contributed by atoms with E-state index in [0.717, 1.165) is 21.1 Å². The summed E-state index contributed by atoms with van der Waals surface area (Å²) in [4.78, 5) is 5.47. The molecule has 0 saturated carbocycles. The summed E-state index contributed by atoms with van der Waals surface area (Å²) in [6, 6.07) is 9.74. The molecule has 0 N–H and O–H groups in total. The molecule has 0 fully saturated rings. The normalized spacial score (nSPS) is 10.1. The van der Waals surface area contributed by atoms with Crippen LogP contribution in [-0.2, 0) is 6.42 Å². The average molecular weight is 249 g/mol. The van der Waals surface area contributed by atoms with Gasteiger partial charge in [0, 0.05) is 15.5 Å². The van der Waals surface area contributed by atoms with Gasteiger partial charge in [-0.15, -0.1) is 11.3 Å². The summed E-state index contributed by atoms with van der Waals surface area (Å²) in [5, 5.41) is 10.3. The highest BCUT2D eigenvalue weighted by molar-refractivity contribution is 7.15. The largest absolute Gasteiger partial charge is 0.241 e. The van der Waals surface area contributed by atoms with E-state index in [4.69, 9.17) is 16.9 Å². The van der Waals surface area contributed by atoms with Gasteiger partial charge in [-0.1, -0.05) is 23.7 Å². The highest BCUT2D eigenvalue weighted by Gasteiger charge is 2.09. The Labute approximate surface area is 103 Å². The minimum atomic E-state index is 0.421. The molecule has 0 radical (unpaired) electrons. The Morgan fingerprint density at radius 2 is 2.31 bits per heavy atom. The Bertz CT molecular complexity index is 554. The zero-order valence-electron chi connectivity index (χ0n) is 8.70. The maximum absolute atomic E-state index is 8.68. The first-order valence-electron chi connectivity index (χ1n) is 4.80. The number of nitriles is 1. The van der Waals surface area contributed by atoms with Gasteiger partial charge in [-0.2, -0.15) is 5.26 Å². The van der Waals surface area contributed by atoms with Crippen molar-refractivity contribution in [1.82, 2.24) is 4.98 Å². The number of thiazole rings is 1. The predicted octanol–water partition coefficient (Wildman–Crippen LogP) is 3.84. The van der Waals surface area contributed by atoms with E-state index in [9.17, 15) is 0 Å². The lowest BCUT2D eigenvalue weighted by Crippen LogP contribution is -1.80. The average Bonchev–Trinajstić information content (AvgIpc) is 2.61. The number of benzene rings is 1. The molecule has 0 aliphatic carbocycles. The molecule has 4 heteroatoms. The van der Waals surface area contributed by atoms with Crippen LogP contribution < -0.4 is 0 Å². The number of halogens is 1. The van der Waals surface area contributed by atoms with Gasteiger partial charge < -0.3 is 0 Å². The topological polar surface area (TPSA) is 36.7 Å². The Hall–Kier alpha value is -1.37. The molecule has 0 atom stereocenters. The van der Waals surface area contributed by atoms with Gasteiger partial charge in [0.05, 0.1) is 18.2 Å². The van der Waals surface area contributed by atoms with Gasteiger partial charge in [-0.25, -0.2) is 4.98 Å². The van der Waals surface area contributed by atoms with Crippen molar-refractivity contribution in [3.63, 3.8) is 0 Å². The second kappa shape index (κ2) is 4.65. The molecule has 0 unspecified atom stereocenters. The van der Waals surface area contributed by atoms with E-state index in [2.05, 4.69) is 11.1 Å². The lowest BCUT2D eigenvalue weighted by molar-refractivity contribution is 1.18. The smallest absolute Gasteiger partial charge is 0.123 e. The second-order valence-electron chi connectivity index (χ2n) is 3.37. The number of nitrogens with zero attached hydrogens (tertiary/aromatic N) is 2. The minimum Gasteiger partial charge on any atom is -0.241 e. The van der Waals surface area contributed by atoms with E-state index < -0.39 is 0 Å². The zero-order chi connectivity index (χ0) is 11.5. The van der Waals surface area contributed by atoms with Crippen molar-refractivity contribution >= 4 is 22.9 Å². The van der Waals surface area contributed by atoms with Gasteiger partial charge in [0.15, 0.2) is 0 Å². The van der Waals surface area contributed by atoms with E-state index >= 15 is 0 Å². The first kappa shape index (κ1) is 11.1. The summed E-state index contributed by atoms with van der Waals surface area (Å²) in [6.45, 7) is 1.93. The number of aromatic nitrogens is 1. The van der Waals surface area contributed by atoms with Crippen molar-refractivity contribution in [3.05, 3.63) is 39.9 Å². The maximum Gasteiger partial charge on any atom is 0.123 e. The summed E-state index contributed by atoms with van der Waals surface area (Å²) < 4.78 is 0. The SMILES string of the molecule is Cc1nc(-c2cccc(Cl)c2)sc1CC#N. The van der Waals surface area contributed by atoms with Gasteiger partial charge >= 0.3 is 0 Å².